The van der Waals surface area contributed by atoms with Gasteiger partial charge in [-0.2, -0.15) is 0 Å². The summed E-state index contributed by atoms with van der Waals surface area (Å²) in [6.45, 7) is 2.53. The molecule has 3 aliphatic rings. The van der Waals surface area contributed by atoms with Crippen molar-refractivity contribution in [2.45, 2.75) is 44.2 Å². The maximum Gasteiger partial charge on any atom is 0.0354 e. The topological polar surface area (TPSA) is 29.3 Å². The van der Waals surface area contributed by atoms with E-state index in [0.717, 1.165) is 11.8 Å². The van der Waals surface area contributed by atoms with Gasteiger partial charge in [0.25, 0.3) is 0 Å². The molecule has 4 atom stereocenters. The van der Waals surface area contributed by atoms with Gasteiger partial charge in [-0.25, -0.2) is 0 Å². The van der Waals surface area contributed by atoms with Crippen LogP contribution in [0.2, 0.25) is 0 Å². The van der Waals surface area contributed by atoms with E-state index < -0.39 is 0 Å². The zero-order valence-electron chi connectivity index (χ0n) is 11.6. The minimum absolute atomic E-state index is 0.459. The predicted molar refractivity (Wildman–Crippen MR) is 77.9 cm³/mol. The number of benzene rings is 1. The van der Waals surface area contributed by atoms with Gasteiger partial charge in [0, 0.05) is 25.2 Å². The van der Waals surface area contributed by atoms with Gasteiger partial charge in [0.05, 0.1) is 0 Å². The highest BCUT2D eigenvalue weighted by Crippen LogP contribution is 2.43. The quantitative estimate of drug-likeness (QED) is 0.837. The van der Waals surface area contributed by atoms with Crippen molar-refractivity contribution < 1.29 is 0 Å². The number of rotatable bonds is 1. The van der Waals surface area contributed by atoms with Crippen molar-refractivity contribution >= 4 is 0 Å². The molecule has 0 radical (unpaired) electrons. The molecule has 2 N–H and O–H groups in total. The van der Waals surface area contributed by atoms with E-state index >= 15 is 0 Å². The molecule has 102 valence electrons. The van der Waals surface area contributed by atoms with E-state index in [-0.39, 0.29) is 0 Å². The second kappa shape index (κ2) is 4.60. The average molecular weight is 256 g/mol. The molecular weight excluding hydrogens is 232 g/mol. The van der Waals surface area contributed by atoms with Crippen LogP contribution in [0.3, 0.4) is 0 Å². The number of nitrogens with zero attached hydrogens (tertiary/aromatic N) is 1. The molecule has 1 saturated carbocycles. The van der Waals surface area contributed by atoms with Crippen molar-refractivity contribution in [3.63, 3.8) is 0 Å². The lowest BCUT2D eigenvalue weighted by molar-refractivity contribution is 0.230. The Labute approximate surface area is 116 Å². The smallest absolute Gasteiger partial charge is 0.0354 e. The van der Waals surface area contributed by atoms with Crippen molar-refractivity contribution in [2.75, 3.05) is 13.1 Å². The van der Waals surface area contributed by atoms with E-state index in [9.17, 15) is 0 Å². The molecule has 4 rings (SSSR count). The van der Waals surface area contributed by atoms with Gasteiger partial charge in [-0.1, -0.05) is 30.7 Å². The fourth-order valence-electron chi connectivity index (χ4n) is 4.72. The summed E-state index contributed by atoms with van der Waals surface area (Å²) in [5.41, 5.74) is 9.52. The number of aryl methyl sites for hydroxylation is 1. The molecule has 2 fully saturated rings. The van der Waals surface area contributed by atoms with Crippen LogP contribution in [0.25, 0.3) is 0 Å². The van der Waals surface area contributed by atoms with Crippen LogP contribution in [-0.2, 0) is 6.42 Å². The Balaban J connectivity index is 1.56. The number of fused-ring (bicyclic) bond motifs is 2. The molecule has 0 aromatic heterocycles. The molecule has 1 heterocycles. The van der Waals surface area contributed by atoms with Crippen molar-refractivity contribution in [2.24, 2.45) is 17.6 Å². The maximum absolute atomic E-state index is 6.35. The van der Waals surface area contributed by atoms with E-state index in [4.69, 9.17) is 5.73 Å². The van der Waals surface area contributed by atoms with Crippen molar-refractivity contribution in [1.82, 2.24) is 4.90 Å². The zero-order chi connectivity index (χ0) is 12.8. The third-order valence-corrected chi connectivity index (χ3v) is 5.72. The van der Waals surface area contributed by atoms with E-state index in [1.54, 1.807) is 11.1 Å². The molecule has 2 nitrogen and oxygen atoms in total. The van der Waals surface area contributed by atoms with Crippen molar-refractivity contribution in [1.29, 1.82) is 0 Å². The highest BCUT2D eigenvalue weighted by Gasteiger charge is 2.42. The Bertz CT molecular complexity index is 470. The van der Waals surface area contributed by atoms with Crippen LogP contribution < -0.4 is 5.73 Å². The third-order valence-electron chi connectivity index (χ3n) is 5.72. The highest BCUT2D eigenvalue weighted by atomic mass is 15.2. The number of hydrogen-bond acceptors (Lipinski definition) is 2. The van der Waals surface area contributed by atoms with Crippen LogP contribution in [0.4, 0.5) is 0 Å². The van der Waals surface area contributed by atoms with Crippen LogP contribution in [-0.4, -0.2) is 24.0 Å². The number of likely N-dealkylation sites (tertiary alicyclic amines) is 1. The summed E-state index contributed by atoms with van der Waals surface area (Å²) in [6, 6.07) is 10.2. The Morgan fingerprint density at radius 3 is 2.84 bits per heavy atom. The molecule has 2 aliphatic carbocycles. The van der Waals surface area contributed by atoms with Gasteiger partial charge in [0.1, 0.15) is 0 Å². The first-order chi connectivity index (χ1) is 9.33. The summed E-state index contributed by atoms with van der Waals surface area (Å²) >= 11 is 0. The van der Waals surface area contributed by atoms with Crippen molar-refractivity contribution in [3.05, 3.63) is 35.4 Å². The van der Waals surface area contributed by atoms with E-state index in [0.29, 0.717) is 12.1 Å². The zero-order valence-corrected chi connectivity index (χ0v) is 11.6. The molecule has 1 aromatic rings. The first kappa shape index (κ1) is 11.9. The summed E-state index contributed by atoms with van der Waals surface area (Å²) < 4.78 is 0. The minimum Gasteiger partial charge on any atom is -0.327 e. The van der Waals surface area contributed by atoms with Crippen LogP contribution in [0.15, 0.2) is 24.3 Å². The molecule has 0 spiro atoms. The van der Waals surface area contributed by atoms with Crippen LogP contribution in [0.1, 0.15) is 42.9 Å². The Hall–Kier alpha value is -0.860. The van der Waals surface area contributed by atoms with Gasteiger partial charge in [-0.15, -0.1) is 0 Å². The third kappa shape index (κ3) is 1.93. The standard InChI is InChI=1S/C17H24N2/c18-16-7-3-5-13-10-19(11-15(13)16)17-9-8-12-4-1-2-6-14(12)17/h1-2,4,6,13,15-17H,3,5,7-11,18H2. The Kier molecular flexibility index (Phi) is 2.89. The second-order valence-electron chi connectivity index (χ2n) is 6.73. The molecular formula is C17H24N2. The summed E-state index contributed by atoms with van der Waals surface area (Å²) in [7, 11) is 0. The van der Waals surface area contributed by atoms with Gasteiger partial charge in [-0.3, -0.25) is 4.90 Å². The van der Waals surface area contributed by atoms with Crippen molar-refractivity contribution in [3.8, 4) is 0 Å². The fraction of sp³-hybridized carbons (Fsp3) is 0.647. The molecule has 1 aliphatic heterocycles. The first-order valence-corrected chi connectivity index (χ1v) is 7.90. The van der Waals surface area contributed by atoms with Crippen LogP contribution >= 0.6 is 0 Å². The second-order valence-corrected chi connectivity index (χ2v) is 6.73. The Morgan fingerprint density at radius 1 is 1.05 bits per heavy atom. The summed E-state index contributed by atoms with van der Waals surface area (Å²) in [6.07, 6.45) is 6.57. The number of hydrogen-bond donors (Lipinski definition) is 1. The lowest BCUT2D eigenvalue weighted by atomic mass is 9.78. The predicted octanol–water partition coefficient (Wildman–Crippen LogP) is 2.73. The first-order valence-electron chi connectivity index (χ1n) is 7.90. The lowest BCUT2D eigenvalue weighted by Crippen LogP contribution is -2.38. The average Bonchev–Trinajstić information content (AvgIpc) is 3.02. The molecule has 4 unspecified atom stereocenters. The molecule has 0 bridgehead atoms. The summed E-state index contributed by atoms with van der Waals surface area (Å²) in [5, 5.41) is 0. The van der Waals surface area contributed by atoms with Gasteiger partial charge in [0.2, 0.25) is 0 Å². The van der Waals surface area contributed by atoms with Gasteiger partial charge < -0.3 is 5.73 Å². The van der Waals surface area contributed by atoms with E-state index in [1.165, 1.54) is 45.2 Å². The fourth-order valence-corrected chi connectivity index (χ4v) is 4.72. The van der Waals surface area contributed by atoms with E-state index in [1.807, 2.05) is 0 Å². The minimum atomic E-state index is 0.459. The molecule has 1 aromatic carbocycles. The normalized spacial score (nSPS) is 38.2. The molecule has 19 heavy (non-hydrogen) atoms. The lowest BCUT2D eigenvalue weighted by Gasteiger charge is -2.30. The van der Waals surface area contributed by atoms with Gasteiger partial charge >= 0.3 is 0 Å². The van der Waals surface area contributed by atoms with Gasteiger partial charge in [-0.05, 0) is 48.6 Å². The van der Waals surface area contributed by atoms with Gasteiger partial charge in [0.15, 0.2) is 0 Å². The molecule has 2 heteroatoms. The monoisotopic (exact) mass is 256 g/mol. The largest absolute Gasteiger partial charge is 0.327 e. The van der Waals surface area contributed by atoms with E-state index in [2.05, 4.69) is 29.2 Å². The number of nitrogens with two attached hydrogens (primary N) is 1. The Morgan fingerprint density at radius 2 is 1.95 bits per heavy atom. The SMILES string of the molecule is NC1CCCC2CN(C3CCc4ccccc43)CC12. The maximum atomic E-state index is 6.35. The summed E-state index contributed by atoms with van der Waals surface area (Å²) in [5.74, 6) is 1.64. The van der Waals surface area contributed by atoms with Crippen LogP contribution in [0.5, 0.6) is 0 Å². The highest BCUT2D eigenvalue weighted by molar-refractivity contribution is 5.34. The van der Waals surface area contributed by atoms with Crippen LogP contribution in [0, 0.1) is 11.8 Å². The molecule has 1 saturated heterocycles. The summed E-state index contributed by atoms with van der Waals surface area (Å²) in [4.78, 5) is 2.74. The molecule has 0 amide bonds.